The molecule has 0 saturated carbocycles. The second-order valence-electron chi connectivity index (χ2n) is 6.62. The maximum atomic E-state index is 12.8. The number of benzene rings is 3. The van der Waals surface area contributed by atoms with Crippen LogP contribution >= 0.6 is 0 Å². The van der Waals surface area contributed by atoms with Crippen LogP contribution in [-0.4, -0.2) is 8.42 Å². The molecule has 1 atom stereocenters. The van der Waals surface area contributed by atoms with Crippen molar-refractivity contribution in [1.82, 2.24) is 4.72 Å². The van der Waals surface area contributed by atoms with Gasteiger partial charge < -0.3 is 0 Å². The van der Waals surface area contributed by atoms with Crippen LogP contribution in [0.2, 0.25) is 0 Å². The van der Waals surface area contributed by atoms with E-state index < -0.39 is 16.1 Å². The maximum absolute atomic E-state index is 12.8. The zero-order valence-electron chi connectivity index (χ0n) is 15.0. The van der Waals surface area contributed by atoms with E-state index in [-0.39, 0.29) is 5.75 Å². The lowest BCUT2D eigenvalue weighted by Gasteiger charge is -2.20. The van der Waals surface area contributed by atoms with E-state index in [1.165, 1.54) is 0 Å². The van der Waals surface area contributed by atoms with E-state index in [9.17, 15) is 8.42 Å². The highest BCUT2D eigenvalue weighted by atomic mass is 32.2. The molecule has 134 valence electrons. The van der Waals surface area contributed by atoms with Crippen molar-refractivity contribution in [3.8, 4) is 0 Å². The van der Waals surface area contributed by atoms with Crippen molar-refractivity contribution >= 4 is 10.0 Å². The van der Waals surface area contributed by atoms with Gasteiger partial charge in [0.2, 0.25) is 10.0 Å². The van der Waals surface area contributed by atoms with Gasteiger partial charge in [-0.25, -0.2) is 13.1 Å². The maximum Gasteiger partial charge on any atom is 0.216 e. The molecule has 0 aliphatic rings. The highest BCUT2D eigenvalue weighted by Gasteiger charge is 2.21. The molecule has 0 spiro atoms. The Morgan fingerprint density at radius 1 is 0.769 bits per heavy atom. The summed E-state index contributed by atoms with van der Waals surface area (Å²) in [5.41, 5.74) is 4.83. The van der Waals surface area contributed by atoms with E-state index in [0.29, 0.717) is 0 Å². The third-order valence-corrected chi connectivity index (χ3v) is 5.59. The average Bonchev–Trinajstić information content (AvgIpc) is 2.61. The van der Waals surface area contributed by atoms with E-state index in [0.717, 1.165) is 27.8 Å². The second-order valence-corrected chi connectivity index (χ2v) is 8.37. The molecular weight excluding hydrogens is 342 g/mol. The molecule has 3 rings (SSSR count). The number of hydrogen-bond donors (Lipinski definition) is 1. The Kier molecular flexibility index (Phi) is 5.55. The summed E-state index contributed by atoms with van der Waals surface area (Å²) in [7, 11) is -3.51. The third kappa shape index (κ3) is 4.81. The van der Waals surface area contributed by atoms with Crippen molar-refractivity contribution in [3.63, 3.8) is 0 Å². The van der Waals surface area contributed by atoms with E-state index in [1.54, 1.807) is 0 Å². The van der Waals surface area contributed by atoms with Crippen molar-refractivity contribution in [3.05, 3.63) is 107 Å². The average molecular weight is 365 g/mol. The van der Waals surface area contributed by atoms with E-state index in [2.05, 4.69) is 4.72 Å². The van der Waals surface area contributed by atoms with Crippen LogP contribution in [0.25, 0.3) is 0 Å². The zero-order valence-corrected chi connectivity index (χ0v) is 15.8. The number of aryl methyl sites for hydroxylation is 2. The molecule has 0 amide bonds. The summed E-state index contributed by atoms with van der Waals surface area (Å²) in [5.74, 6) is -0.0378. The molecule has 0 fully saturated rings. The Bertz CT molecular complexity index is 965. The Labute approximate surface area is 155 Å². The van der Waals surface area contributed by atoms with Crippen molar-refractivity contribution < 1.29 is 8.42 Å². The van der Waals surface area contributed by atoms with Crippen molar-refractivity contribution in [2.75, 3.05) is 0 Å². The summed E-state index contributed by atoms with van der Waals surface area (Å²) in [5, 5.41) is 0. The number of rotatable bonds is 6. The highest BCUT2D eigenvalue weighted by Crippen LogP contribution is 2.24. The number of hydrogen-bond acceptors (Lipinski definition) is 2. The lowest BCUT2D eigenvalue weighted by molar-refractivity contribution is 0.571. The molecule has 3 aromatic rings. The van der Waals surface area contributed by atoms with Crippen LogP contribution < -0.4 is 4.72 Å². The van der Waals surface area contributed by atoms with Crippen LogP contribution in [0.5, 0.6) is 0 Å². The monoisotopic (exact) mass is 365 g/mol. The lowest BCUT2D eigenvalue weighted by atomic mass is 9.99. The molecule has 0 aliphatic heterocycles. The van der Waals surface area contributed by atoms with Crippen molar-refractivity contribution in [2.45, 2.75) is 25.6 Å². The Hall–Kier alpha value is -2.43. The first-order valence-corrected chi connectivity index (χ1v) is 10.3. The van der Waals surface area contributed by atoms with Crippen LogP contribution in [0.1, 0.15) is 33.9 Å². The zero-order chi connectivity index (χ0) is 18.6. The molecule has 0 unspecified atom stereocenters. The van der Waals surface area contributed by atoms with Crippen molar-refractivity contribution in [1.29, 1.82) is 0 Å². The fourth-order valence-corrected chi connectivity index (χ4v) is 4.31. The van der Waals surface area contributed by atoms with Gasteiger partial charge >= 0.3 is 0 Å². The van der Waals surface area contributed by atoms with E-state index in [4.69, 9.17) is 0 Å². The van der Waals surface area contributed by atoms with Gasteiger partial charge in [0.05, 0.1) is 11.8 Å². The Morgan fingerprint density at radius 3 is 2.08 bits per heavy atom. The molecule has 0 aromatic heterocycles. The molecule has 4 heteroatoms. The van der Waals surface area contributed by atoms with Gasteiger partial charge in [-0.05, 0) is 30.5 Å². The topological polar surface area (TPSA) is 46.2 Å². The van der Waals surface area contributed by atoms with Gasteiger partial charge in [0.15, 0.2) is 0 Å². The van der Waals surface area contributed by atoms with Gasteiger partial charge in [-0.3, -0.25) is 0 Å². The van der Waals surface area contributed by atoms with Gasteiger partial charge in [0, 0.05) is 0 Å². The van der Waals surface area contributed by atoms with E-state index in [1.807, 2.05) is 92.7 Å². The fourth-order valence-electron chi connectivity index (χ4n) is 2.98. The predicted octanol–water partition coefficient (Wildman–Crippen LogP) is 4.51. The van der Waals surface area contributed by atoms with E-state index >= 15 is 0 Å². The summed E-state index contributed by atoms with van der Waals surface area (Å²) in [6, 6.07) is 24.8. The molecule has 0 heterocycles. The predicted molar refractivity (Wildman–Crippen MR) is 106 cm³/mol. The molecular formula is C22H23NO2S. The van der Waals surface area contributed by atoms with Gasteiger partial charge in [0.1, 0.15) is 0 Å². The van der Waals surface area contributed by atoms with Crippen LogP contribution in [0, 0.1) is 13.8 Å². The third-order valence-electron chi connectivity index (χ3n) is 4.28. The van der Waals surface area contributed by atoms with Crippen LogP contribution in [0.15, 0.2) is 78.9 Å². The van der Waals surface area contributed by atoms with Crippen LogP contribution in [0.4, 0.5) is 0 Å². The molecule has 26 heavy (non-hydrogen) atoms. The summed E-state index contributed by atoms with van der Waals surface area (Å²) < 4.78 is 28.5. The Balaban J connectivity index is 1.91. The minimum Gasteiger partial charge on any atom is -0.212 e. The van der Waals surface area contributed by atoms with Gasteiger partial charge in [-0.2, -0.15) is 0 Å². The Morgan fingerprint density at radius 2 is 1.42 bits per heavy atom. The lowest BCUT2D eigenvalue weighted by Crippen LogP contribution is -2.30. The van der Waals surface area contributed by atoms with Crippen molar-refractivity contribution in [2.24, 2.45) is 0 Å². The standard InChI is InChI=1S/C22H23NO2S/c1-17-11-13-21(14-12-17)22(20-9-4-3-5-10-20)23-26(24,25)16-19-8-6-7-18(2)15-19/h3-15,22-23H,16H2,1-2H3/t22-/m0/s1. The first kappa shape index (κ1) is 18.4. The molecule has 0 aliphatic carbocycles. The second kappa shape index (κ2) is 7.85. The van der Waals surface area contributed by atoms with Gasteiger partial charge in [0.25, 0.3) is 0 Å². The summed E-state index contributed by atoms with van der Waals surface area (Å²) in [4.78, 5) is 0. The number of nitrogens with one attached hydrogen (secondary N) is 1. The summed E-state index contributed by atoms with van der Waals surface area (Å²) >= 11 is 0. The number of sulfonamides is 1. The first-order valence-electron chi connectivity index (χ1n) is 8.60. The molecule has 0 bridgehead atoms. The molecule has 0 radical (unpaired) electrons. The molecule has 0 saturated heterocycles. The quantitative estimate of drug-likeness (QED) is 0.698. The van der Waals surface area contributed by atoms with Crippen LogP contribution in [0.3, 0.4) is 0 Å². The highest BCUT2D eigenvalue weighted by molar-refractivity contribution is 7.88. The van der Waals surface area contributed by atoms with Crippen LogP contribution in [-0.2, 0) is 15.8 Å². The largest absolute Gasteiger partial charge is 0.216 e. The minimum atomic E-state index is -3.51. The molecule has 3 aromatic carbocycles. The summed E-state index contributed by atoms with van der Waals surface area (Å²) in [6.45, 7) is 3.98. The normalized spacial score (nSPS) is 12.7. The molecule has 3 nitrogen and oxygen atoms in total. The smallest absolute Gasteiger partial charge is 0.212 e. The SMILES string of the molecule is Cc1ccc([C@@H](NS(=O)(=O)Cc2cccc(C)c2)c2ccccc2)cc1. The minimum absolute atomic E-state index is 0.0378. The fraction of sp³-hybridized carbons (Fsp3) is 0.182. The summed E-state index contributed by atoms with van der Waals surface area (Å²) in [6.07, 6.45) is 0. The first-order chi connectivity index (χ1) is 12.4. The van der Waals surface area contributed by atoms with Gasteiger partial charge in [-0.1, -0.05) is 90.0 Å². The van der Waals surface area contributed by atoms with Gasteiger partial charge in [-0.15, -0.1) is 0 Å². The molecule has 1 N–H and O–H groups in total.